The zero-order valence-corrected chi connectivity index (χ0v) is 9.35. The largest absolute Gasteiger partial charge is 0.504 e. The number of benzene rings is 1. The molecule has 0 radical (unpaired) electrons. The van der Waals surface area contributed by atoms with Crippen LogP contribution in [0.4, 0.5) is 0 Å². The molecule has 0 aromatic heterocycles. The number of carbonyl (C=O) groups excluding carboxylic acids is 1. The molecule has 1 amide bonds. The maximum absolute atomic E-state index is 11.8. The Hall–Kier alpha value is -1.75. The van der Waals surface area contributed by atoms with Gasteiger partial charge in [-0.05, 0) is 31.0 Å². The zero-order valence-electron chi connectivity index (χ0n) is 9.35. The highest BCUT2D eigenvalue weighted by atomic mass is 16.5. The van der Waals surface area contributed by atoms with Crippen LogP contribution in [0.25, 0.3) is 0 Å². The predicted molar refractivity (Wildman–Crippen MR) is 61.1 cm³/mol. The highest BCUT2D eigenvalue weighted by Gasteiger charge is 2.17. The Morgan fingerprint density at radius 1 is 1.35 bits per heavy atom. The Morgan fingerprint density at radius 3 is 2.82 bits per heavy atom. The van der Waals surface area contributed by atoms with Crippen molar-refractivity contribution in [1.82, 2.24) is 5.32 Å². The summed E-state index contributed by atoms with van der Waals surface area (Å²) in [6, 6.07) is 4.02. The minimum absolute atomic E-state index is 0.0206. The Kier molecular flexibility index (Phi) is 3.49. The van der Waals surface area contributed by atoms with Gasteiger partial charge in [0.15, 0.2) is 11.5 Å². The van der Waals surface area contributed by atoms with Gasteiger partial charge in [-0.3, -0.25) is 4.79 Å². The van der Waals surface area contributed by atoms with Crippen molar-refractivity contribution in [2.24, 2.45) is 0 Å². The lowest BCUT2D eigenvalue weighted by Gasteiger charge is -2.23. The van der Waals surface area contributed by atoms with E-state index < -0.39 is 0 Å². The summed E-state index contributed by atoms with van der Waals surface area (Å²) in [5.41, 5.74) is 0.325. The number of hydrogen-bond donors (Lipinski definition) is 3. The smallest absolute Gasteiger partial charge is 0.251 e. The van der Waals surface area contributed by atoms with Gasteiger partial charge in [-0.2, -0.15) is 0 Å². The first kappa shape index (κ1) is 11.7. The Bertz CT molecular complexity index is 413. The fraction of sp³-hybridized carbons (Fsp3) is 0.417. The highest BCUT2D eigenvalue weighted by molar-refractivity contribution is 5.95. The van der Waals surface area contributed by atoms with Gasteiger partial charge in [0.05, 0.1) is 12.6 Å². The molecule has 1 aliphatic heterocycles. The summed E-state index contributed by atoms with van der Waals surface area (Å²) in [6.45, 7) is 1.27. The molecular formula is C12H15NO4. The van der Waals surface area contributed by atoms with Crippen molar-refractivity contribution in [3.63, 3.8) is 0 Å². The molecular weight excluding hydrogens is 222 g/mol. The molecule has 1 unspecified atom stereocenters. The van der Waals surface area contributed by atoms with Crippen LogP contribution in [0.15, 0.2) is 18.2 Å². The number of amides is 1. The number of ether oxygens (including phenoxy) is 1. The van der Waals surface area contributed by atoms with Gasteiger partial charge in [0.25, 0.3) is 5.91 Å². The molecule has 0 saturated carbocycles. The van der Waals surface area contributed by atoms with E-state index in [4.69, 9.17) is 9.84 Å². The van der Waals surface area contributed by atoms with Gasteiger partial charge < -0.3 is 20.3 Å². The van der Waals surface area contributed by atoms with Crippen molar-refractivity contribution in [3.05, 3.63) is 23.8 Å². The van der Waals surface area contributed by atoms with Gasteiger partial charge in [-0.25, -0.2) is 0 Å². The summed E-state index contributed by atoms with van der Waals surface area (Å²) in [5, 5.41) is 21.3. The zero-order chi connectivity index (χ0) is 12.3. The Labute approximate surface area is 99.0 Å². The van der Waals surface area contributed by atoms with E-state index in [1.165, 1.54) is 18.2 Å². The molecule has 3 N–H and O–H groups in total. The summed E-state index contributed by atoms with van der Waals surface area (Å²) in [7, 11) is 0. The fourth-order valence-corrected chi connectivity index (χ4v) is 1.79. The van der Waals surface area contributed by atoms with Crippen LogP contribution in [0.2, 0.25) is 0 Å². The number of hydrogen-bond acceptors (Lipinski definition) is 4. The molecule has 1 atom stereocenters. The van der Waals surface area contributed by atoms with Gasteiger partial charge in [0.1, 0.15) is 0 Å². The molecule has 92 valence electrons. The summed E-state index contributed by atoms with van der Waals surface area (Å²) in [5.74, 6) is -0.795. The lowest BCUT2D eigenvalue weighted by atomic mass is 10.1. The first-order chi connectivity index (χ1) is 8.16. The first-order valence-corrected chi connectivity index (χ1v) is 5.57. The van der Waals surface area contributed by atoms with Crippen molar-refractivity contribution in [2.75, 3.05) is 13.2 Å². The average molecular weight is 237 g/mol. The second kappa shape index (κ2) is 5.05. The highest BCUT2D eigenvalue weighted by Crippen LogP contribution is 2.24. The minimum Gasteiger partial charge on any atom is -0.504 e. The van der Waals surface area contributed by atoms with Crippen molar-refractivity contribution >= 4 is 5.91 Å². The topological polar surface area (TPSA) is 78.8 Å². The molecule has 1 aromatic rings. The van der Waals surface area contributed by atoms with Crippen LogP contribution in [-0.2, 0) is 4.74 Å². The van der Waals surface area contributed by atoms with E-state index in [0.29, 0.717) is 12.2 Å². The van der Waals surface area contributed by atoms with E-state index in [2.05, 4.69) is 5.32 Å². The number of phenolic OH excluding ortho intramolecular Hbond substituents is 2. The summed E-state index contributed by atoms with van der Waals surface area (Å²) in [6.07, 6.45) is 1.83. The molecule has 5 nitrogen and oxygen atoms in total. The maximum atomic E-state index is 11.8. The molecule has 2 rings (SSSR count). The van der Waals surface area contributed by atoms with E-state index in [9.17, 15) is 9.90 Å². The molecule has 1 aromatic carbocycles. The number of nitrogens with one attached hydrogen (secondary N) is 1. The van der Waals surface area contributed by atoms with Crippen LogP contribution >= 0.6 is 0 Å². The van der Waals surface area contributed by atoms with Gasteiger partial charge in [-0.1, -0.05) is 0 Å². The Balaban J connectivity index is 2.01. The molecule has 17 heavy (non-hydrogen) atoms. The molecule has 1 saturated heterocycles. The Morgan fingerprint density at radius 2 is 2.18 bits per heavy atom. The lowest BCUT2D eigenvalue weighted by Crippen LogP contribution is -2.40. The van der Waals surface area contributed by atoms with Crippen LogP contribution in [0.5, 0.6) is 11.5 Å². The molecule has 0 bridgehead atoms. The monoisotopic (exact) mass is 237 g/mol. The van der Waals surface area contributed by atoms with Crippen molar-refractivity contribution in [3.8, 4) is 11.5 Å². The van der Waals surface area contributed by atoms with Crippen molar-refractivity contribution in [2.45, 2.75) is 18.9 Å². The van der Waals surface area contributed by atoms with E-state index >= 15 is 0 Å². The van der Waals surface area contributed by atoms with Crippen molar-refractivity contribution < 1.29 is 19.7 Å². The van der Waals surface area contributed by atoms with Crippen molar-refractivity contribution in [1.29, 1.82) is 0 Å². The predicted octanol–water partition coefficient (Wildman–Crippen LogP) is 1.01. The van der Waals surface area contributed by atoms with Gasteiger partial charge >= 0.3 is 0 Å². The van der Waals surface area contributed by atoms with E-state index in [-0.39, 0.29) is 23.4 Å². The molecule has 1 aliphatic rings. The second-order valence-electron chi connectivity index (χ2n) is 4.09. The van der Waals surface area contributed by atoms with Crippen LogP contribution in [-0.4, -0.2) is 35.4 Å². The van der Waals surface area contributed by atoms with Crippen LogP contribution < -0.4 is 5.32 Å². The average Bonchev–Trinajstić information content (AvgIpc) is 2.34. The van der Waals surface area contributed by atoms with Gasteiger partial charge in [0.2, 0.25) is 0 Å². The molecule has 0 aliphatic carbocycles. The lowest BCUT2D eigenvalue weighted by molar-refractivity contribution is 0.0624. The summed E-state index contributed by atoms with van der Waals surface area (Å²) < 4.78 is 5.26. The number of carbonyl (C=O) groups is 1. The third-order valence-corrected chi connectivity index (χ3v) is 2.73. The third-order valence-electron chi connectivity index (χ3n) is 2.73. The first-order valence-electron chi connectivity index (χ1n) is 5.57. The molecule has 5 heteroatoms. The quantitative estimate of drug-likeness (QED) is 0.671. The normalized spacial score (nSPS) is 19.9. The SMILES string of the molecule is O=C(NC1CCCOC1)c1ccc(O)c(O)c1. The minimum atomic E-state index is -0.294. The third kappa shape index (κ3) is 2.88. The van der Waals surface area contributed by atoms with Crippen LogP contribution in [0.1, 0.15) is 23.2 Å². The van der Waals surface area contributed by atoms with Crippen LogP contribution in [0.3, 0.4) is 0 Å². The maximum Gasteiger partial charge on any atom is 0.251 e. The second-order valence-corrected chi connectivity index (χ2v) is 4.09. The van der Waals surface area contributed by atoms with E-state index in [1.54, 1.807) is 0 Å². The molecule has 1 heterocycles. The number of aromatic hydroxyl groups is 2. The van der Waals surface area contributed by atoms with E-state index in [1.807, 2.05) is 0 Å². The van der Waals surface area contributed by atoms with Gasteiger partial charge in [0, 0.05) is 12.2 Å². The summed E-state index contributed by atoms with van der Waals surface area (Å²) in [4.78, 5) is 11.8. The van der Waals surface area contributed by atoms with Crippen LogP contribution in [0, 0.1) is 0 Å². The number of phenols is 2. The number of rotatable bonds is 2. The van der Waals surface area contributed by atoms with E-state index in [0.717, 1.165) is 19.4 Å². The molecule has 0 spiro atoms. The standard InChI is InChI=1S/C12H15NO4/c14-10-4-3-8(6-11(10)15)12(16)13-9-2-1-5-17-7-9/h3-4,6,9,14-15H,1-2,5,7H2,(H,13,16). The molecule has 1 fully saturated rings. The summed E-state index contributed by atoms with van der Waals surface area (Å²) >= 11 is 0. The van der Waals surface area contributed by atoms with Gasteiger partial charge in [-0.15, -0.1) is 0 Å². The fourth-order valence-electron chi connectivity index (χ4n) is 1.79.